The van der Waals surface area contributed by atoms with Gasteiger partial charge in [0, 0.05) is 13.5 Å². The number of fused-ring (bicyclic) bond motifs is 1. The first-order valence-corrected chi connectivity index (χ1v) is 4.89. The highest BCUT2D eigenvalue weighted by atomic mass is 16.5. The third-order valence-electron chi connectivity index (χ3n) is 2.57. The number of esters is 1. The predicted octanol–water partition coefficient (Wildman–Crippen LogP) is 1.08. The quantitative estimate of drug-likeness (QED) is 0.628. The van der Waals surface area contributed by atoms with E-state index >= 15 is 0 Å². The zero-order valence-electron chi connectivity index (χ0n) is 8.70. The fraction of sp³-hybridized carbons (Fsp3) is 0.600. The molecule has 0 amide bonds. The van der Waals surface area contributed by atoms with Gasteiger partial charge in [0.05, 0.1) is 11.4 Å². The second-order valence-electron chi connectivity index (χ2n) is 3.67. The fourth-order valence-corrected chi connectivity index (χ4v) is 1.89. The van der Waals surface area contributed by atoms with Gasteiger partial charge in [0.15, 0.2) is 0 Å². The number of carbonyl (C=O) groups excluding carboxylic acids is 1. The molecule has 4 heteroatoms. The molecule has 1 unspecified atom stereocenters. The van der Waals surface area contributed by atoms with Gasteiger partial charge in [-0.15, -0.1) is 0 Å². The van der Waals surface area contributed by atoms with Crippen LogP contribution in [0.15, 0.2) is 0 Å². The largest absolute Gasteiger partial charge is 0.459 e. The van der Waals surface area contributed by atoms with E-state index in [4.69, 9.17) is 4.74 Å². The molecule has 2 rings (SSSR count). The molecular weight excluding hydrogens is 180 g/mol. The van der Waals surface area contributed by atoms with E-state index in [1.54, 1.807) is 4.68 Å². The first-order chi connectivity index (χ1) is 6.63. The Balaban J connectivity index is 2.55. The van der Waals surface area contributed by atoms with Gasteiger partial charge in [-0.3, -0.25) is 4.68 Å². The summed E-state index contributed by atoms with van der Waals surface area (Å²) in [5.74, 6) is -0.219. The number of hydrogen-bond donors (Lipinski definition) is 0. The van der Waals surface area contributed by atoms with Crippen molar-refractivity contribution in [1.29, 1.82) is 0 Å². The lowest BCUT2D eigenvalue weighted by atomic mass is 10.0. The summed E-state index contributed by atoms with van der Waals surface area (Å²) in [5, 5.41) is 4.31. The van der Waals surface area contributed by atoms with Crippen molar-refractivity contribution >= 4 is 5.97 Å². The molecule has 1 atom stereocenters. The van der Waals surface area contributed by atoms with Gasteiger partial charge >= 0.3 is 5.97 Å². The number of aromatic nitrogens is 2. The van der Waals surface area contributed by atoms with Crippen molar-refractivity contribution in [2.45, 2.75) is 32.8 Å². The van der Waals surface area contributed by atoms with Gasteiger partial charge in [0.1, 0.15) is 11.7 Å². The highest BCUT2D eigenvalue weighted by molar-refractivity contribution is 5.93. The molecule has 4 nitrogen and oxygen atoms in total. The van der Waals surface area contributed by atoms with Crippen molar-refractivity contribution in [2.24, 2.45) is 7.05 Å². The van der Waals surface area contributed by atoms with Crippen LogP contribution in [0.1, 0.15) is 35.6 Å². The Hall–Kier alpha value is -1.32. The van der Waals surface area contributed by atoms with E-state index in [1.807, 2.05) is 20.9 Å². The number of aryl methyl sites for hydroxylation is 2. The second kappa shape index (κ2) is 3.12. The number of ether oxygens (including phenoxy) is 1. The van der Waals surface area contributed by atoms with Crippen LogP contribution in [0.4, 0.5) is 0 Å². The van der Waals surface area contributed by atoms with Crippen molar-refractivity contribution in [3.63, 3.8) is 0 Å². The maximum Gasteiger partial charge on any atom is 0.342 e. The Labute approximate surface area is 82.9 Å². The molecule has 1 aliphatic rings. The van der Waals surface area contributed by atoms with Gasteiger partial charge in [-0.1, -0.05) is 6.92 Å². The Morgan fingerprint density at radius 1 is 1.64 bits per heavy atom. The molecule has 0 aromatic carbocycles. The third kappa shape index (κ3) is 1.22. The van der Waals surface area contributed by atoms with Crippen LogP contribution in [0, 0.1) is 0 Å². The number of cyclic esters (lactones) is 1. The van der Waals surface area contributed by atoms with Crippen molar-refractivity contribution < 1.29 is 9.53 Å². The zero-order valence-corrected chi connectivity index (χ0v) is 8.70. The highest BCUT2D eigenvalue weighted by Crippen LogP contribution is 2.23. The Kier molecular flexibility index (Phi) is 2.06. The predicted molar refractivity (Wildman–Crippen MR) is 51.2 cm³/mol. The molecule has 0 saturated heterocycles. The Morgan fingerprint density at radius 3 is 3.00 bits per heavy atom. The topological polar surface area (TPSA) is 44.1 Å². The molecule has 0 radical (unpaired) electrons. The van der Waals surface area contributed by atoms with E-state index in [2.05, 4.69) is 5.10 Å². The van der Waals surface area contributed by atoms with Crippen molar-refractivity contribution in [1.82, 2.24) is 9.78 Å². The lowest BCUT2D eigenvalue weighted by Gasteiger charge is -2.19. The van der Waals surface area contributed by atoms with Gasteiger partial charge in [0.25, 0.3) is 0 Å². The standard InChI is InChI=1S/C10H14N2O2/c1-4-7-9-8(12(3)11-7)5-6(2)14-10(9)13/h6H,4-5H2,1-3H3. The van der Waals surface area contributed by atoms with E-state index in [-0.39, 0.29) is 12.1 Å². The maximum atomic E-state index is 11.6. The van der Waals surface area contributed by atoms with Gasteiger partial charge in [-0.05, 0) is 13.3 Å². The molecule has 76 valence electrons. The second-order valence-corrected chi connectivity index (χ2v) is 3.67. The first-order valence-electron chi connectivity index (χ1n) is 4.89. The summed E-state index contributed by atoms with van der Waals surface area (Å²) >= 11 is 0. The molecule has 1 aliphatic heterocycles. The zero-order chi connectivity index (χ0) is 10.3. The van der Waals surface area contributed by atoms with Crippen molar-refractivity contribution in [3.05, 3.63) is 17.0 Å². The molecule has 14 heavy (non-hydrogen) atoms. The van der Waals surface area contributed by atoms with Gasteiger partial charge in [-0.25, -0.2) is 4.79 Å². The minimum Gasteiger partial charge on any atom is -0.459 e. The molecule has 0 N–H and O–H groups in total. The average Bonchev–Trinajstić information content (AvgIpc) is 2.43. The van der Waals surface area contributed by atoms with Crippen LogP contribution < -0.4 is 0 Å². The Bertz CT molecular complexity index is 382. The maximum absolute atomic E-state index is 11.6. The third-order valence-corrected chi connectivity index (χ3v) is 2.57. The molecule has 0 spiro atoms. The summed E-state index contributed by atoms with van der Waals surface area (Å²) < 4.78 is 6.97. The fourth-order valence-electron chi connectivity index (χ4n) is 1.89. The number of rotatable bonds is 1. The smallest absolute Gasteiger partial charge is 0.342 e. The van der Waals surface area contributed by atoms with Crippen LogP contribution in [-0.2, 0) is 24.6 Å². The van der Waals surface area contributed by atoms with Crippen LogP contribution in [0.2, 0.25) is 0 Å². The van der Waals surface area contributed by atoms with Gasteiger partial charge < -0.3 is 4.74 Å². The van der Waals surface area contributed by atoms with Crippen LogP contribution in [0.5, 0.6) is 0 Å². The first kappa shape index (κ1) is 9.24. The lowest BCUT2D eigenvalue weighted by molar-refractivity contribution is 0.0295. The van der Waals surface area contributed by atoms with Crippen molar-refractivity contribution in [3.8, 4) is 0 Å². The summed E-state index contributed by atoms with van der Waals surface area (Å²) in [5.41, 5.74) is 2.54. The van der Waals surface area contributed by atoms with Gasteiger partial charge in [0.2, 0.25) is 0 Å². The summed E-state index contributed by atoms with van der Waals surface area (Å²) in [6.45, 7) is 3.90. The average molecular weight is 194 g/mol. The summed E-state index contributed by atoms with van der Waals surface area (Å²) in [7, 11) is 1.88. The number of nitrogens with zero attached hydrogens (tertiary/aromatic N) is 2. The monoisotopic (exact) mass is 194 g/mol. The van der Waals surface area contributed by atoms with Crippen LogP contribution in [-0.4, -0.2) is 21.9 Å². The van der Waals surface area contributed by atoms with Crippen LogP contribution in [0.25, 0.3) is 0 Å². The number of carbonyl (C=O) groups is 1. The van der Waals surface area contributed by atoms with Crippen LogP contribution in [0.3, 0.4) is 0 Å². The minimum atomic E-state index is -0.219. The van der Waals surface area contributed by atoms with Crippen LogP contribution >= 0.6 is 0 Å². The summed E-state index contributed by atoms with van der Waals surface area (Å²) in [6.07, 6.45) is 1.51. The van der Waals surface area contributed by atoms with E-state index in [0.717, 1.165) is 24.2 Å². The lowest BCUT2D eigenvalue weighted by Crippen LogP contribution is -2.26. The summed E-state index contributed by atoms with van der Waals surface area (Å²) in [4.78, 5) is 11.6. The highest BCUT2D eigenvalue weighted by Gasteiger charge is 2.29. The normalized spacial score (nSPS) is 20.5. The molecule has 0 aliphatic carbocycles. The van der Waals surface area contributed by atoms with E-state index in [1.165, 1.54) is 0 Å². The van der Waals surface area contributed by atoms with Crippen molar-refractivity contribution in [2.75, 3.05) is 0 Å². The minimum absolute atomic E-state index is 0.0323. The molecule has 2 heterocycles. The molecule has 0 bridgehead atoms. The SMILES string of the molecule is CCc1nn(C)c2c1C(=O)OC(C)C2. The molecule has 0 fully saturated rings. The molecular formula is C10H14N2O2. The number of hydrogen-bond acceptors (Lipinski definition) is 3. The molecule has 1 aromatic heterocycles. The van der Waals surface area contributed by atoms with E-state index in [0.29, 0.717) is 5.56 Å². The van der Waals surface area contributed by atoms with E-state index < -0.39 is 0 Å². The van der Waals surface area contributed by atoms with Gasteiger partial charge in [-0.2, -0.15) is 5.10 Å². The summed E-state index contributed by atoms with van der Waals surface area (Å²) in [6, 6.07) is 0. The molecule has 0 saturated carbocycles. The Morgan fingerprint density at radius 2 is 2.36 bits per heavy atom. The van der Waals surface area contributed by atoms with E-state index in [9.17, 15) is 4.79 Å². The molecule has 1 aromatic rings.